The molecule has 0 aliphatic carbocycles. The topological polar surface area (TPSA) is 74.9 Å². The van der Waals surface area contributed by atoms with E-state index in [2.05, 4.69) is 5.32 Å². The molecule has 142 valence electrons. The van der Waals surface area contributed by atoms with Crippen LogP contribution < -0.4 is 10.1 Å². The first kappa shape index (κ1) is 18.9. The number of carbonyl (C=O) groups excluding carboxylic acids is 1. The summed E-state index contributed by atoms with van der Waals surface area (Å²) in [5.41, 5.74) is 0. The van der Waals surface area contributed by atoms with Gasteiger partial charge < -0.3 is 24.5 Å². The molecule has 1 atom stereocenters. The number of hydrogen-bond donors (Lipinski definition) is 2. The fraction of sp³-hybridized carbons (Fsp3) is 0.286. The van der Waals surface area contributed by atoms with E-state index in [-0.39, 0.29) is 24.8 Å². The van der Waals surface area contributed by atoms with Gasteiger partial charge in [-0.15, -0.1) is 0 Å². The van der Waals surface area contributed by atoms with Crippen LogP contribution in [0.25, 0.3) is 10.8 Å². The number of hydrogen-bond acceptors (Lipinski definition) is 5. The highest BCUT2D eigenvalue weighted by molar-refractivity contribution is 5.91. The second-order valence-electron chi connectivity index (χ2n) is 6.69. The average Bonchev–Trinajstić information content (AvgIpc) is 3.13. The van der Waals surface area contributed by atoms with E-state index < -0.39 is 6.10 Å². The fourth-order valence-corrected chi connectivity index (χ4v) is 2.77. The molecule has 1 amide bonds. The number of ether oxygens (including phenoxy) is 1. The molecule has 1 aromatic heterocycles. The molecule has 0 bridgehead atoms. The smallest absolute Gasteiger partial charge is 0.287 e. The number of rotatable bonds is 8. The molecule has 6 heteroatoms. The zero-order valence-electron chi connectivity index (χ0n) is 15.5. The Hall–Kier alpha value is -2.83. The summed E-state index contributed by atoms with van der Waals surface area (Å²) in [7, 11) is 3.72. The highest BCUT2D eigenvalue weighted by atomic mass is 16.5. The van der Waals surface area contributed by atoms with Crippen molar-refractivity contribution in [3.8, 4) is 5.75 Å². The van der Waals surface area contributed by atoms with Gasteiger partial charge in [0.1, 0.15) is 18.1 Å². The Morgan fingerprint density at radius 3 is 2.70 bits per heavy atom. The lowest BCUT2D eigenvalue weighted by Gasteiger charge is -2.15. The number of amides is 1. The van der Waals surface area contributed by atoms with Gasteiger partial charge in [0.15, 0.2) is 5.76 Å². The van der Waals surface area contributed by atoms with Crippen LogP contribution in [0.15, 0.2) is 59.0 Å². The molecule has 0 fully saturated rings. The van der Waals surface area contributed by atoms with Crippen molar-refractivity contribution >= 4 is 16.7 Å². The number of benzene rings is 2. The molecular formula is C21H24N2O4. The van der Waals surface area contributed by atoms with Crippen molar-refractivity contribution in [2.45, 2.75) is 12.7 Å². The first-order chi connectivity index (χ1) is 13.0. The Morgan fingerprint density at radius 1 is 1.15 bits per heavy atom. The van der Waals surface area contributed by atoms with Gasteiger partial charge in [0.05, 0.1) is 6.10 Å². The molecule has 6 nitrogen and oxygen atoms in total. The number of carbonyl (C=O) groups is 1. The van der Waals surface area contributed by atoms with Crippen LogP contribution in [0.1, 0.15) is 16.3 Å². The Bertz CT molecular complexity index is 904. The van der Waals surface area contributed by atoms with Crippen LogP contribution in [-0.2, 0) is 6.61 Å². The van der Waals surface area contributed by atoms with E-state index >= 15 is 0 Å². The minimum absolute atomic E-state index is 0.167. The van der Waals surface area contributed by atoms with E-state index in [0.717, 1.165) is 16.5 Å². The molecule has 0 aliphatic heterocycles. The average molecular weight is 368 g/mol. The summed E-state index contributed by atoms with van der Waals surface area (Å²) >= 11 is 0. The Morgan fingerprint density at radius 2 is 1.93 bits per heavy atom. The number of furan rings is 1. The minimum Gasteiger partial charge on any atom is -0.486 e. The maximum absolute atomic E-state index is 12.1. The van der Waals surface area contributed by atoms with Crippen molar-refractivity contribution in [2.75, 3.05) is 27.2 Å². The maximum Gasteiger partial charge on any atom is 0.287 e. The van der Waals surface area contributed by atoms with Gasteiger partial charge in [-0.2, -0.15) is 0 Å². The summed E-state index contributed by atoms with van der Waals surface area (Å²) in [4.78, 5) is 14.0. The van der Waals surface area contributed by atoms with Crippen LogP contribution in [0.2, 0.25) is 0 Å². The molecule has 0 aliphatic rings. The Balaban J connectivity index is 1.53. The molecular weight excluding hydrogens is 344 g/mol. The lowest BCUT2D eigenvalue weighted by Crippen LogP contribution is -2.37. The summed E-state index contributed by atoms with van der Waals surface area (Å²) < 4.78 is 11.3. The Kier molecular flexibility index (Phi) is 6.11. The highest BCUT2D eigenvalue weighted by Crippen LogP contribution is 2.21. The van der Waals surface area contributed by atoms with E-state index in [1.54, 1.807) is 12.1 Å². The lowest BCUT2D eigenvalue weighted by atomic mass is 10.1. The Labute approximate surface area is 158 Å². The summed E-state index contributed by atoms with van der Waals surface area (Å²) in [6.45, 7) is 0.874. The number of likely N-dealkylation sites (N-methyl/N-ethyl adjacent to an activating group) is 1. The van der Waals surface area contributed by atoms with Crippen LogP contribution in [0.3, 0.4) is 0 Å². The van der Waals surface area contributed by atoms with Crippen LogP contribution in [-0.4, -0.2) is 49.2 Å². The third-order valence-corrected chi connectivity index (χ3v) is 4.06. The summed E-state index contributed by atoms with van der Waals surface area (Å²) in [5, 5.41) is 14.7. The van der Waals surface area contributed by atoms with E-state index in [1.165, 1.54) is 0 Å². The van der Waals surface area contributed by atoms with Gasteiger partial charge in [-0.25, -0.2) is 0 Å². The van der Waals surface area contributed by atoms with Crippen molar-refractivity contribution < 1.29 is 19.1 Å². The molecule has 3 aromatic rings. The lowest BCUT2D eigenvalue weighted by molar-refractivity contribution is 0.0863. The summed E-state index contributed by atoms with van der Waals surface area (Å²) in [6.07, 6.45) is -0.630. The number of nitrogens with zero attached hydrogens (tertiary/aromatic N) is 1. The van der Waals surface area contributed by atoms with Crippen LogP contribution in [0.5, 0.6) is 5.75 Å². The number of aliphatic hydroxyl groups is 1. The van der Waals surface area contributed by atoms with E-state index in [4.69, 9.17) is 9.15 Å². The summed E-state index contributed by atoms with van der Waals surface area (Å²) in [5.74, 6) is 1.14. The van der Waals surface area contributed by atoms with Gasteiger partial charge in [-0.05, 0) is 49.1 Å². The first-order valence-electron chi connectivity index (χ1n) is 8.82. The zero-order valence-corrected chi connectivity index (χ0v) is 15.5. The maximum atomic E-state index is 12.1. The molecule has 0 saturated carbocycles. The monoisotopic (exact) mass is 368 g/mol. The molecule has 1 unspecified atom stereocenters. The van der Waals surface area contributed by atoms with Gasteiger partial charge in [0.2, 0.25) is 0 Å². The third kappa shape index (κ3) is 5.32. The molecule has 0 saturated heterocycles. The number of nitrogens with one attached hydrogen (secondary N) is 1. The van der Waals surface area contributed by atoms with Crippen molar-refractivity contribution in [1.29, 1.82) is 0 Å². The van der Waals surface area contributed by atoms with Gasteiger partial charge in [0.25, 0.3) is 5.91 Å². The highest BCUT2D eigenvalue weighted by Gasteiger charge is 2.13. The van der Waals surface area contributed by atoms with Crippen LogP contribution in [0, 0.1) is 0 Å². The van der Waals surface area contributed by atoms with Gasteiger partial charge in [0, 0.05) is 13.1 Å². The predicted octanol–water partition coefficient (Wildman–Crippen LogP) is 2.66. The zero-order chi connectivity index (χ0) is 19.2. The van der Waals surface area contributed by atoms with Crippen molar-refractivity contribution in [3.63, 3.8) is 0 Å². The molecule has 3 rings (SSSR count). The van der Waals surface area contributed by atoms with Crippen molar-refractivity contribution in [2.24, 2.45) is 0 Å². The molecule has 0 spiro atoms. The standard InChI is InChI=1S/C21H24N2O4/c1-23(2)13-17(24)12-22-21(25)20-10-9-19(27-20)14-26-18-8-7-15-5-3-4-6-16(15)11-18/h3-11,17,24H,12-14H2,1-2H3,(H,22,25). The second kappa shape index (κ2) is 8.70. The van der Waals surface area contributed by atoms with E-state index in [0.29, 0.717) is 12.3 Å². The quantitative estimate of drug-likeness (QED) is 0.639. The molecule has 2 aromatic carbocycles. The number of fused-ring (bicyclic) bond motifs is 1. The van der Waals surface area contributed by atoms with Gasteiger partial charge in [-0.3, -0.25) is 4.79 Å². The van der Waals surface area contributed by atoms with Gasteiger partial charge in [-0.1, -0.05) is 30.3 Å². The predicted molar refractivity (Wildman–Crippen MR) is 104 cm³/mol. The van der Waals surface area contributed by atoms with Crippen molar-refractivity contribution in [1.82, 2.24) is 10.2 Å². The summed E-state index contributed by atoms with van der Waals surface area (Å²) in [6, 6.07) is 17.3. The minimum atomic E-state index is -0.630. The van der Waals surface area contributed by atoms with Crippen molar-refractivity contribution in [3.05, 3.63) is 66.1 Å². The molecule has 1 heterocycles. The van der Waals surface area contributed by atoms with Crippen LogP contribution in [0.4, 0.5) is 0 Å². The van der Waals surface area contributed by atoms with Gasteiger partial charge >= 0.3 is 0 Å². The first-order valence-corrected chi connectivity index (χ1v) is 8.82. The second-order valence-corrected chi connectivity index (χ2v) is 6.69. The van der Waals surface area contributed by atoms with Crippen LogP contribution >= 0.6 is 0 Å². The molecule has 2 N–H and O–H groups in total. The SMILES string of the molecule is CN(C)CC(O)CNC(=O)c1ccc(COc2ccc3ccccc3c2)o1. The number of aliphatic hydroxyl groups excluding tert-OH is 1. The largest absolute Gasteiger partial charge is 0.486 e. The normalized spacial score (nSPS) is 12.3. The van der Waals surface area contributed by atoms with E-state index in [1.807, 2.05) is 61.5 Å². The molecule has 0 radical (unpaired) electrons. The fourth-order valence-electron chi connectivity index (χ4n) is 2.77. The van der Waals surface area contributed by atoms with E-state index in [9.17, 15) is 9.90 Å². The third-order valence-electron chi connectivity index (χ3n) is 4.06. The molecule has 27 heavy (non-hydrogen) atoms.